The van der Waals surface area contributed by atoms with E-state index in [0.717, 1.165) is 15.0 Å². The highest BCUT2D eigenvalue weighted by Gasteiger charge is 2.18. The van der Waals surface area contributed by atoms with Gasteiger partial charge < -0.3 is 24.3 Å². The number of carbonyl (C=O) groups excluding carboxylic acids is 2. The molecule has 0 aliphatic carbocycles. The van der Waals surface area contributed by atoms with Gasteiger partial charge in [-0.15, -0.1) is 11.3 Å². The average molecular weight is 450 g/mol. The molecule has 0 radical (unpaired) electrons. The van der Waals surface area contributed by atoms with Gasteiger partial charge in [-0.1, -0.05) is 29.8 Å². The van der Waals surface area contributed by atoms with Crippen LogP contribution in [0.15, 0.2) is 36.4 Å². The number of nitrogens with one attached hydrogen (secondary N) is 1. The van der Waals surface area contributed by atoms with Crippen molar-refractivity contribution in [2.45, 2.75) is 6.61 Å². The SMILES string of the molecule is COc1cc(C(=O)NCC(=O)OCc2sc3ccccc3c2Cl)cc(OC)c1OC. The zero-order chi connectivity index (χ0) is 21.7. The largest absolute Gasteiger partial charge is 0.493 e. The first-order chi connectivity index (χ1) is 14.5. The van der Waals surface area contributed by atoms with Gasteiger partial charge in [-0.2, -0.15) is 0 Å². The van der Waals surface area contributed by atoms with Crippen molar-refractivity contribution in [1.29, 1.82) is 0 Å². The Balaban J connectivity index is 1.60. The molecule has 1 heterocycles. The molecule has 3 aromatic rings. The Morgan fingerprint density at radius 1 is 1.03 bits per heavy atom. The lowest BCUT2D eigenvalue weighted by Crippen LogP contribution is -2.30. The second-order valence-electron chi connectivity index (χ2n) is 6.09. The summed E-state index contributed by atoms with van der Waals surface area (Å²) in [5.74, 6) is -0.0143. The molecule has 0 bridgehead atoms. The summed E-state index contributed by atoms with van der Waals surface area (Å²) in [7, 11) is 4.38. The maximum atomic E-state index is 12.4. The molecule has 2 aromatic carbocycles. The van der Waals surface area contributed by atoms with Crippen molar-refractivity contribution in [3.05, 3.63) is 51.9 Å². The Kier molecular flexibility index (Phi) is 7.02. The summed E-state index contributed by atoms with van der Waals surface area (Å²) in [6.45, 7) is -0.255. The highest BCUT2D eigenvalue weighted by Crippen LogP contribution is 2.38. The fourth-order valence-corrected chi connectivity index (χ4v) is 4.22. The molecule has 0 spiro atoms. The molecule has 0 atom stereocenters. The molecule has 1 aromatic heterocycles. The molecular weight excluding hydrogens is 430 g/mol. The van der Waals surface area contributed by atoms with Crippen LogP contribution in [0.3, 0.4) is 0 Å². The lowest BCUT2D eigenvalue weighted by Gasteiger charge is -2.14. The summed E-state index contributed by atoms with van der Waals surface area (Å²) in [6, 6.07) is 10.7. The number of esters is 1. The van der Waals surface area contributed by atoms with Crippen LogP contribution in [0.25, 0.3) is 10.1 Å². The van der Waals surface area contributed by atoms with Gasteiger partial charge in [0.25, 0.3) is 5.91 Å². The van der Waals surface area contributed by atoms with Crippen LogP contribution in [0.1, 0.15) is 15.2 Å². The third-order valence-corrected chi connectivity index (χ3v) is 5.97. The number of thiophene rings is 1. The van der Waals surface area contributed by atoms with Gasteiger partial charge >= 0.3 is 5.97 Å². The summed E-state index contributed by atoms with van der Waals surface area (Å²) in [5, 5.41) is 4.02. The van der Waals surface area contributed by atoms with Gasteiger partial charge in [0.05, 0.1) is 31.2 Å². The van der Waals surface area contributed by atoms with Gasteiger partial charge in [0.1, 0.15) is 13.2 Å². The van der Waals surface area contributed by atoms with E-state index in [9.17, 15) is 9.59 Å². The van der Waals surface area contributed by atoms with Crippen molar-refractivity contribution in [1.82, 2.24) is 5.32 Å². The number of halogens is 1. The van der Waals surface area contributed by atoms with Gasteiger partial charge in [-0.25, -0.2) is 0 Å². The Labute approximate surface area is 182 Å². The zero-order valence-electron chi connectivity index (χ0n) is 16.6. The zero-order valence-corrected chi connectivity index (χ0v) is 18.2. The molecule has 0 unspecified atom stereocenters. The first kappa shape index (κ1) is 21.7. The number of ether oxygens (including phenoxy) is 4. The van der Waals surface area contributed by atoms with Gasteiger partial charge in [0, 0.05) is 15.6 Å². The summed E-state index contributed by atoms with van der Waals surface area (Å²) >= 11 is 7.81. The van der Waals surface area contributed by atoms with E-state index in [1.165, 1.54) is 44.8 Å². The van der Waals surface area contributed by atoms with Gasteiger partial charge in [-0.3, -0.25) is 9.59 Å². The average Bonchev–Trinajstić information content (AvgIpc) is 3.10. The van der Waals surface area contributed by atoms with Crippen LogP contribution in [0, 0.1) is 0 Å². The molecule has 1 amide bonds. The standard InChI is InChI=1S/C21H20ClNO6S/c1-26-14-8-12(9-15(27-2)20(14)28-3)21(25)23-10-18(24)29-11-17-19(22)13-6-4-5-7-16(13)30-17/h4-9H,10-11H2,1-3H3,(H,23,25). The Morgan fingerprint density at radius 2 is 1.70 bits per heavy atom. The van der Waals surface area contributed by atoms with Crippen LogP contribution in [0.5, 0.6) is 17.2 Å². The highest BCUT2D eigenvalue weighted by molar-refractivity contribution is 7.19. The number of fused-ring (bicyclic) bond motifs is 1. The maximum absolute atomic E-state index is 12.4. The molecule has 30 heavy (non-hydrogen) atoms. The van der Waals surface area contributed by atoms with Crippen molar-refractivity contribution in [2.75, 3.05) is 27.9 Å². The van der Waals surface area contributed by atoms with Crippen molar-refractivity contribution in [3.8, 4) is 17.2 Å². The number of methoxy groups -OCH3 is 3. The van der Waals surface area contributed by atoms with E-state index in [1.807, 2.05) is 24.3 Å². The normalized spacial score (nSPS) is 10.5. The van der Waals surface area contributed by atoms with Crippen LogP contribution in [-0.2, 0) is 16.1 Å². The van der Waals surface area contributed by atoms with E-state index >= 15 is 0 Å². The summed E-state index contributed by atoms with van der Waals surface area (Å²) in [4.78, 5) is 25.3. The third kappa shape index (κ3) is 4.60. The second-order valence-corrected chi connectivity index (χ2v) is 7.61. The molecule has 158 valence electrons. The van der Waals surface area contributed by atoms with Gasteiger partial charge in [-0.05, 0) is 18.2 Å². The van der Waals surface area contributed by atoms with Crippen LogP contribution >= 0.6 is 22.9 Å². The number of rotatable bonds is 8. The predicted molar refractivity (Wildman–Crippen MR) is 115 cm³/mol. The Hall–Kier alpha value is -2.97. The second kappa shape index (κ2) is 9.69. The molecule has 0 saturated carbocycles. The fourth-order valence-electron chi connectivity index (χ4n) is 2.82. The Morgan fingerprint density at radius 3 is 2.30 bits per heavy atom. The molecule has 0 aliphatic rings. The fraction of sp³-hybridized carbons (Fsp3) is 0.238. The Bertz CT molecular complexity index is 1060. The number of hydrogen-bond acceptors (Lipinski definition) is 7. The van der Waals surface area contributed by atoms with Gasteiger partial charge in [0.2, 0.25) is 5.75 Å². The maximum Gasteiger partial charge on any atom is 0.325 e. The van der Waals surface area contributed by atoms with Crippen molar-refractivity contribution in [2.24, 2.45) is 0 Å². The summed E-state index contributed by atoms with van der Waals surface area (Å²) in [5.41, 5.74) is 0.254. The predicted octanol–water partition coefficient (Wildman–Crippen LogP) is 4.05. The van der Waals surface area contributed by atoms with E-state index in [-0.39, 0.29) is 18.7 Å². The van der Waals surface area contributed by atoms with Gasteiger partial charge in [0.15, 0.2) is 11.5 Å². The minimum Gasteiger partial charge on any atom is -0.493 e. The van der Waals surface area contributed by atoms with Crippen molar-refractivity contribution >= 4 is 44.9 Å². The van der Waals surface area contributed by atoms with Crippen LogP contribution < -0.4 is 19.5 Å². The van der Waals surface area contributed by atoms with E-state index < -0.39 is 11.9 Å². The first-order valence-electron chi connectivity index (χ1n) is 8.88. The molecule has 9 heteroatoms. The molecule has 7 nitrogen and oxygen atoms in total. The molecule has 0 fully saturated rings. The van der Waals surface area contributed by atoms with Crippen LogP contribution in [-0.4, -0.2) is 39.8 Å². The molecule has 0 aliphatic heterocycles. The molecule has 1 N–H and O–H groups in total. The topological polar surface area (TPSA) is 83.1 Å². The number of carbonyl (C=O) groups is 2. The highest BCUT2D eigenvalue weighted by atomic mass is 35.5. The van der Waals surface area contributed by atoms with E-state index in [2.05, 4.69) is 5.32 Å². The number of hydrogen-bond donors (Lipinski definition) is 1. The van der Waals surface area contributed by atoms with Crippen LogP contribution in [0.2, 0.25) is 5.02 Å². The van der Waals surface area contributed by atoms with Crippen LogP contribution in [0.4, 0.5) is 0 Å². The first-order valence-corrected chi connectivity index (χ1v) is 10.1. The van der Waals surface area contributed by atoms with E-state index in [0.29, 0.717) is 22.3 Å². The molecule has 3 rings (SSSR count). The minimum absolute atomic E-state index is 0.0388. The smallest absolute Gasteiger partial charge is 0.325 e. The van der Waals surface area contributed by atoms with Crippen molar-refractivity contribution in [3.63, 3.8) is 0 Å². The third-order valence-electron chi connectivity index (χ3n) is 4.29. The lowest BCUT2D eigenvalue weighted by molar-refractivity contribution is -0.143. The minimum atomic E-state index is -0.579. The molecule has 0 saturated heterocycles. The lowest BCUT2D eigenvalue weighted by atomic mass is 10.1. The van der Waals surface area contributed by atoms with E-state index in [4.69, 9.17) is 30.5 Å². The van der Waals surface area contributed by atoms with E-state index in [1.54, 1.807) is 0 Å². The summed E-state index contributed by atoms with van der Waals surface area (Å²) in [6.07, 6.45) is 0. The molecular formula is C21H20ClNO6S. The number of amides is 1. The number of benzene rings is 2. The summed E-state index contributed by atoms with van der Waals surface area (Å²) < 4.78 is 22.0. The quantitative estimate of drug-likeness (QED) is 0.522. The monoisotopic (exact) mass is 449 g/mol. The van der Waals surface area contributed by atoms with Crippen molar-refractivity contribution < 1.29 is 28.5 Å².